The molecule has 8 fully saturated rings. The van der Waals surface area contributed by atoms with Crippen LogP contribution in [-0.2, 0) is 9.78 Å². The second-order valence-electron chi connectivity index (χ2n) is 26.4. The molecule has 8 aliphatic carbocycles. The fraction of sp³-hybridized carbons (Fsp3) is 1.00. The summed E-state index contributed by atoms with van der Waals surface area (Å²) in [6.45, 7) is 30.1. The summed E-state index contributed by atoms with van der Waals surface area (Å²) in [5.74, 6) is 11.8. The van der Waals surface area contributed by atoms with Crippen LogP contribution in [0.2, 0.25) is 0 Å². The zero-order valence-corrected chi connectivity index (χ0v) is 41.4. The Morgan fingerprint density at radius 3 is 1.50 bits per heavy atom. The third-order valence-corrected chi connectivity index (χ3v) is 23.7. The van der Waals surface area contributed by atoms with Gasteiger partial charge in [-0.2, -0.15) is 0 Å². The van der Waals surface area contributed by atoms with Crippen molar-refractivity contribution in [1.82, 2.24) is 0 Å². The SMILES string of the molecule is CC(C)[C@@H](C)CC[C@@H](C)[C@H]1CC[C@H]2[C@H]3CC[C@@H]4CC(OOC5CCC(O)[C@]6(C)[C@H]5CC[C@@H]5[C@@H]7CC[C@H]([C@H](C)CC[C@H](C)C(C)C)[C@@]7(C)CC[C@@H]56)CC(O)[C@]4(C)[C@H]3CC[C@]12C. The molecule has 0 amide bonds. The van der Waals surface area contributed by atoms with Crippen molar-refractivity contribution in [2.75, 3.05) is 0 Å². The molecule has 0 saturated heterocycles. The summed E-state index contributed by atoms with van der Waals surface area (Å²) in [6, 6.07) is 0. The zero-order chi connectivity index (χ0) is 43.1. The molecular weight excluding hydrogens is 737 g/mol. The van der Waals surface area contributed by atoms with Crippen LogP contribution in [0.15, 0.2) is 0 Å². The fourth-order valence-corrected chi connectivity index (χ4v) is 19.0. The molecule has 0 aliphatic heterocycles. The molecule has 0 heterocycles. The lowest BCUT2D eigenvalue weighted by atomic mass is 9.43. The third kappa shape index (κ3) is 7.69. The van der Waals surface area contributed by atoms with Gasteiger partial charge in [0, 0.05) is 11.8 Å². The van der Waals surface area contributed by atoms with E-state index in [4.69, 9.17) is 9.78 Å². The van der Waals surface area contributed by atoms with Gasteiger partial charge in [-0.25, -0.2) is 9.78 Å². The predicted octanol–water partition coefficient (Wildman–Crippen LogP) is 14.3. The Labute approximate surface area is 371 Å². The Kier molecular flexibility index (Phi) is 13.6. The summed E-state index contributed by atoms with van der Waals surface area (Å²) < 4.78 is 0. The molecule has 2 N–H and O–H groups in total. The van der Waals surface area contributed by atoms with Gasteiger partial charge in [-0.1, -0.05) is 109 Å². The van der Waals surface area contributed by atoms with Gasteiger partial charge in [0.2, 0.25) is 0 Å². The maximum atomic E-state index is 12.3. The van der Waals surface area contributed by atoms with Crippen molar-refractivity contribution in [3.63, 3.8) is 0 Å². The summed E-state index contributed by atoms with van der Waals surface area (Å²) >= 11 is 0. The van der Waals surface area contributed by atoms with Crippen LogP contribution >= 0.6 is 0 Å². The zero-order valence-electron chi connectivity index (χ0n) is 41.4. The van der Waals surface area contributed by atoms with Crippen molar-refractivity contribution in [1.29, 1.82) is 0 Å². The molecule has 8 aliphatic rings. The van der Waals surface area contributed by atoms with Crippen molar-refractivity contribution >= 4 is 0 Å². The molecule has 22 atom stereocenters. The molecule has 0 radical (unpaired) electrons. The number of rotatable bonds is 13. The number of aliphatic hydroxyl groups excluding tert-OH is 2. The minimum absolute atomic E-state index is 0.00849. The third-order valence-electron chi connectivity index (χ3n) is 23.7. The number of hydrogen-bond donors (Lipinski definition) is 2. The molecule has 8 rings (SSSR count). The first-order chi connectivity index (χ1) is 28.3. The highest BCUT2D eigenvalue weighted by atomic mass is 17.2. The van der Waals surface area contributed by atoms with Crippen molar-refractivity contribution in [3.8, 4) is 0 Å². The highest BCUT2D eigenvalue weighted by Gasteiger charge is 2.65. The lowest BCUT2D eigenvalue weighted by molar-refractivity contribution is -0.389. The Morgan fingerprint density at radius 1 is 0.467 bits per heavy atom. The van der Waals surface area contributed by atoms with Crippen LogP contribution in [0.3, 0.4) is 0 Å². The predicted molar refractivity (Wildman–Crippen MR) is 248 cm³/mol. The van der Waals surface area contributed by atoms with Crippen LogP contribution in [0.4, 0.5) is 0 Å². The highest BCUT2D eigenvalue weighted by molar-refractivity contribution is 5.14. The average molecular weight is 835 g/mol. The number of hydrogen-bond acceptors (Lipinski definition) is 4. The van der Waals surface area contributed by atoms with Crippen molar-refractivity contribution in [2.45, 2.75) is 236 Å². The maximum Gasteiger partial charge on any atom is 0.0965 e. The van der Waals surface area contributed by atoms with E-state index >= 15 is 0 Å². The maximum absolute atomic E-state index is 12.3. The van der Waals surface area contributed by atoms with Crippen LogP contribution in [-0.4, -0.2) is 34.6 Å². The monoisotopic (exact) mass is 835 g/mol. The quantitative estimate of drug-likeness (QED) is 0.143. The van der Waals surface area contributed by atoms with E-state index in [2.05, 4.69) is 83.1 Å². The van der Waals surface area contributed by atoms with Gasteiger partial charge in [0.25, 0.3) is 0 Å². The van der Waals surface area contributed by atoms with Gasteiger partial charge >= 0.3 is 0 Å². The van der Waals surface area contributed by atoms with Gasteiger partial charge in [0.15, 0.2) is 0 Å². The normalized spacial score (nSPS) is 50.8. The largest absolute Gasteiger partial charge is 0.393 e. The van der Waals surface area contributed by atoms with E-state index in [9.17, 15) is 10.2 Å². The summed E-state index contributed by atoms with van der Waals surface area (Å²) in [5, 5.41) is 24.3. The van der Waals surface area contributed by atoms with Crippen LogP contribution < -0.4 is 0 Å². The summed E-state index contributed by atoms with van der Waals surface area (Å²) in [4.78, 5) is 13.3. The molecule has 0 bridgehead atoms. The highest BCUT2D eigenvalue weighted by Crippen LogP contribution is 2.70. The minimum Gasteiger partial charge on any atom is -0.393 e. The van der Waals surface area contributed by atoms with Crippen LogP contribution in [0.25, 0.3) is 0 Å². The molecule has 0 aromatic rings. The molecule has 4 heteroatoms. The van der Waals surface area contributed by atoms with Gasteiger partial charge in [-0.05, 0) is 207 Å². The van der Waals surface area contributed by atoms with E-state index in [0.29, 0.717) is 40.9 Å². The first-order valence-corrected chi connectivity index (χ1v) is 27.0. The van der Waals surface area contributed by atoms with Gasteiger partial charge in [-0.15, -0.1) is 0 Å². The Bertz CT molecular complexity index is 1440. The lowest BCUT2D eigenvalue weighted by Crippen LogP contribution is -2.61. The molecule has 4 nitrogen and oxygen atoms in total. The fourth-order valence-electron chi connectivity index (χ4n) is 19.0. The molecule has 0 aromatic carbocycles. The Hall–Kier alpha value is -0.160. The van der Waals surface area contributed by atoms with Crippen LogP contribution in [0.1, 0.15) is 212 Å². The molecule has 0 aromatic heterocycles. The molecular formula is C56H98O4. The van der Waals surface area contributed by atoms with Gasteiger partial charge in [0.1, 0.15) is 0 Å². The first-order valence-electron chi connectivity index (χ1n) is 27.0. The Balaban J connectivity index is 0.876. The first kappa shape index (κ1) is 46.4. The van der Waals surface area contributed by atoms with Gasteiger partial charge in [0.05, 0.1) is 24.4 Å². The average Bonchev–Trinajstić information content (AvgIpc) is 3.76. The van der Waals surface area contributed by atoms with E-state index in [-0.39, 0.29) is 35.2 Å². The van der Waals surface area contributed by atoms with Crippen LogP contribution in [0.5, 0.6) is 0 Å². The van der Waals surface area contributed by atoms with Crippen molar-refractivity contribution in [2.24, 2.45) is 116 Å². The molecule has 4 unspecified atom stereocenters. The summed E-state index contributed by atoms with van der Waals surface area (Å²) in [7, 11) is 0. The van der Waals surface area contributed by atoms with E-state index in [1.165, 1.54) is 96.3 Å². The smallest absolute Gasteiger partial charge is 0.0965 e. The second kappa shape index (κ2) is 17.6. The van der Waals surface area contributed by atoms with Gasteiger partial charge in [-0.3, -0.25) is 0 Å². The minimum atomic E-state index is -0.322. The molecule has 0 spiro atoms. The van der Waals surface area contributed by atoms with Crippen LogP contribution in [0, 0.1) is 116 Å². The Morgan fingerprint density at radius 2 is 0.967 bits per heavy atom. The van der Waals surface area contributed by atoms with E-state index in [1.54, 1.807) is 0 Å². The number of fused-ring (bicyclic) bond motifs is 10. The standard InChI is InChI=1S/C56H98O4/c1-33(2)35(5)13-15-37(7)43-21-23-45-41-18-17-39-31-40(32-52(58)55(39,11)47(41)27-29-53(43,45)9)59-60-50-25-26-51(57)56(12)48-28-30-54(10)44(38(8)16-14-36(6)34(3)4)22-24-46(54)42(48)19-20-49(50)56/h33-52,57-58H,13-32H2,1-12H3/t35-,36-,37+,38+,39+,40?,41+,42+,43+,44+,45-,46-,47-,48-,49-,50?,51?,52?,53+,54+,55-,56-/m0/s1. The molecule has 8 saturated carbocycles. The summed E-state index contributed by atoms with van der Waals surface area (Å²) in [6.07, 6.45) is 24.4. The van der Waals surface area contributed by atoms with E-state index in [1.807, 2.05) is 0 Å². The molecule has 60 heavy (non-hydrogen) atoms. The van der Waals surface area contributed by atoms with E-state index < -0.39 is 0 Å². The van der Waals surface area contributed by atoms with Gasteiger partial charge < -0.3 is 10.2 Å². The summed E-state index contributed by atoms with van der Waals surface area (Å²) in [5.41, 5.74) is 0.826. The lowest BCUT2D eigenvalue weighted by Gasteiger charge is -2.63. The topological polar surface area (TPSA) is 58.9 Å². The van der Waals surface area contributed by atoms with Crippen molar-refractivity contribution in [3.05, 3.63) is 0 Å². The van der Waals surface area contributed by atoms with Crippen molar-refractivity contribution < 1.29 is 20.0 Å². The molecule has 346 valence electrons. The number of aliphatic hydroxyl groups is 2. The van der Waals surface area contributed by atoms with E-state index in [0.717, 1.165) is 96.7 Å². The second-order valence-corrected chi connectivity index (χ2v) is 26.4.